The van der Waals surface area contributed by atoms with Gasteiger partial charge in [0.05, 0.1) is 33.9 Å². The number of halogens is 7. The van der Waals surface area contributed by atoms with Gasteiger partial charge in [0.15, 0.2) is 5.82 Å². The van der Waals surface area contributed by atoms with E-state index in [-0.39, 0.29) is 57.1 Å². The second-order valence-electron chi connectivity index (χ2n) is 13.5. The van der Waals surface area contributed by atoms with Gasteiger partial charge in [-0.1, -0.05) is 23.6 Å². The van der Waals surface area contributed by atoms with Crippen LogP contribution in [-0.4, -0.2) is 56.3 Å². The van der Waals surface area contributed by atoms with E-state index >= 15 is 8.78 Å². The van der Waals surface area contributed by atoms with E-state index in [1.54, 1.807) is 12.1 Å². The number of rotatable bonds is 10. The van der Waals surface area contributed by atoms with Crippen molar-refractivity contribution < 1.29 is 44.7 Å². The van der Waals surface area contributed by atoms with E-state index in [0.29, 0.717) is 21.8 Å². The average Bonchev–Trinajstić information content (AvgIpc) is 3.62. The van der Waals surface area contributed by atoms with Crippen molar-refractivity contribution in [3.05, 3.63) is 93.0 Å². The van der Waals surface area contributed by atoms with Crippen molar-refractivity contribution in [2.45, 2.75) is 56.7 Å². The minimum absolute atomic E-state index is 0.0209. The number of aliphatic hydroxyl groups excluding tert-OH is 1. The monoisotopic (exact) mass is 805 g/mol. The molecule has 2 aliphatic rings. The molecule has 5 aromatic rings. The zero-order chi connectivity index (χ0) is 39.7. The van der Waals surface area contributed by atoms with Crippen LogP contribution in [0, 0.1) is 29.4 Å². The summed E-state index contributed by atoms with van der Waals surface area (Å²) in [5, 5.41) is 20.9. The molecular weight excluding hydrogens is 776 g/mol. The first-order chi connectivity index (χ1) is 25.8. The molecule has 4 atom stereocenters. The van der Waals surface area contributed by atoms with Crippen LogP contribution in [0.5, 0.6) is 0 Å². The molecule has 2 aromatic carbocycles. The Kier molecular flexibility index (Phi) is 9.63. The summed E-state index contributed by atoms with van der Waals surface area (Å²) in [6, 6.07) is 7.47. The first kappa shape index (κ1) is 38.2. The lowest BCUT2D eigenvalue weighted by Gasteiger charge is -2.23. The van der Waals surface area contributed by atoms with E-state index in [9.17, 15) is 35.9 Å². The maximum atomic E-state index is 15.3. The first-order valence-electron chi connectivity index (χ1n) is 16.7. The third-order valence-electron chi connectivity index (χ3n) is 9.33. The fraction of sp³-hybridized carbons (Fsp3) is 0.333. The predicted molar refractivity (Wildman–Crippen MR) is 189 cm³/mol. The van der Waals surface area contributed by atoms with Gasteiger partial charge in [-0.3, -0.25) is 18.9 Å². The summed E-state index contributed by atoms with van der Waals surface area (Å²) >= 11 is 6.56. The molecule has 2 aliphatic carbocycles. The number of pyridine rings is 1. The largest absolute Gasteiger partial charge is 0.381 e. The van der Waals surface area contributed by atoms with Gasteiger partial charge in [0.25, 0.3) is 12.3 Å². The highest BCUT2D eigenvalue weighted by Gasteiger charge is 2.67. The van der Waals surface area contributed by atoms with Gasteiger partial charge in [0, 0.05) is 35.7 Å². The number of aromatic nitrogens is 5. The van der Waals surface area contributed by atoms with Gasteiger partial charge >= 0.3 is 0 Å². The third-order valence-corrected chi connectivity index (χ3v) is 10.2. The molecule has 288 valence electrons. The van der Waals surface area contributed by atoms with Gasteiger partial charge in [0.1, 0.15) is 41.4 Å². The number of nitrogens with zero attached hydrogens (tertiary/aromatic N) is 5. The average molecular weight is 806 g/mol. The van der Waals surface area contributed by atoms with Crippen molar-refractivity contribution in [3.8, 4) is 23.0 Å². The lowest BCUT2D eigenvalue weighted by atomic mass is 9.93. The van der Waals surface area contributed by atoms with Crippen LogP contribution in [0.4, 0.5) is 32.2 Å². The molecule has 7 rings (SSSR count). The van der Waals surface area contributed by atoms with Crippen molar-refractivity contribution >= 4 is 44.3 Å². The number of sulfonamides is 1. The Balaban J connectivity index is 1.38. The van der Waals surface area contributed by atoms with Crippen LogP contribution >= 0.6 is 11.6 Å². The number of aliphatic hydroxyl groups is 1. The summed E-state index contributed by atoms with van der Waals surface area (Å²) in [6.07, 6.45) is -3.63. The van der Waals surface area contributed by atoms with Crippen LogP contribution in [-0.2, 0) is 40.8 Å². The number of hydrogen-bond donors (Lipinski definition) is 3. The van der Waals surface area contributed by atoms with Gasteiger partial charge in [-0.15, -0.1) is 0 Å². The summed E-state index contributed by atoms with van der Waals surface area (Å²) < 4.78 is 116. The zero-order valence-electron chi connectivity index (χ0n) is 29.0. The van der Waals surface area contributed by atoms with E-state index < -0.39 is 81.8 Å². The molecule has 0 radical (unpaired) electrons. The molecule has 3 aromatic heterocycles. The number of nitrogens with one attached hydrogen (secondary N) is 2. The van der Waals surface area contributed by atoms with Gasteiger partial charge in [-0.05, 0) is 67.5 Å². The number of fused-ring (bicyclic) bond motifs is 4. The second kappa shape index (κ2) is 13.9. The van der Waals surface area contributed by atoms with Crippen molar-refractivity contribution in [1.29, 1.82) is 0 Å². The Bertz CT molecular complexity index is 2550. The van der Waals surface area contributed by atoms with Gasteiger partial charge in [-0.2, -0.15) is 19.0 Å². The number of aryl methyl sites for hydroxylation is 1. The molecule has 3 heterocycles. The summed E-state index contributed by atoms with van der Waals surface area (Å²) in [7, 11) is -2.30. The van der Waals surface area contributed by atoms with E-state index in [4.69, 9.17) is 11.6 Å². The maximum Gasteiger partial charge on any atom is 0.293 e. The topological polar surface area (TPSA) is 144 Å². The fourth-order valence-electron chi connectivity index (χ4n) is 7.19. The van der Waals surface area contributed by atoms with Gasteiger partial charge in [-0.25, -0.2) is 31.0 Å². The third kappa shape index (κ3) is 7.35. The van der Waals surface area contributed by atoms with Crippen LogP contribution in [0.2, 0.25) is 5.02 Å². The molecular formula is C36H30ClF6N7O4S. The molecule has 0 saturated heterocycles. The second-order valence-corrected chi connectivity index (χ2v) is 15.7. The Morgan fingerprint density at radius 2 is 1.78 bits per heavy atom. The molecule has 11 nitrogen and oxygen atoms in total. The van der Waals surface area contributed by atoms with E-state index in [1.807, 2.05) is 0 Å². The van der Waals surface area contributed by atoms with Crippen LogP contribution < -0.4 is 10.0 Å². The molecule has 55 heavy (non-hydrogen) atoms. The Morgan fingerprint density at radius 1 is 1.09 bits per heavy atom. The lowest BCUT2D eigenvalue weighted by molar-refractivity contribution is -0.123. The lowest BCUT2D eigenvalue weighted by Crippen LogP contribution is -2.35. The first-order valence-corrected chi connectivity index (χ1v) is 18.9. The number of carbonyl (C=O) groups excluding carboxylic acids is 1. The normalized spacial score (nSPS) is 18.0. The number of alkyl halides is 4. The van der Waals surface area contributed by atoms with Crippen molar-refractivity contribution in [2.75, 3.05) is 11.0 Å². The molecule has 1 saturated carbocycles. The number of hydrogen-bond acceptors (Lipinski definition) is 7. The minimum Gasteiger partial charge on any atom is -0.381 e. The highest BCUT2D eigenvalue weighted by atomic mass is 35.5. The Morgan fingerprint density at radius 3 is 2.44 bits per heavy atom. The van der Waals surface area contributed by atoms with Crippen LogP contribution in [0.15, 0.2) is 42.5 Å². The molecule has 1 fully saturated rings. The zero-order valence-corrected chi connectivity index (χ0v) is 30.6. The van der Waals surface area contributed by atoms with Crippen LogP contribution in [0.1, 0.15) is 65.6 Å². The number of carbonyl (C=O) groups is 1. The maximum absolute atomic E-state index is 15.3. The predicted octanol–water partition coefficient (Wildman–Crippen LogP) is 6.11. The minimum atomic E-state index is -3.82. The highest BCUT2D eigenvalue weighted by molar-refractivity contribution is 7.92. The number of benzene rings is 2. The summed E-state index contributed by atoms with van der Waals surface area (Å²) in [6.45, 7) is 0.500. The molecule has 3 N–H and O–H groups in total. The number of amides is 1. The van der Waals surface area contributed by atoms with Gasteiger partial charge in [0.2, 0.25) is 15.9 Å². The molecule has 0 spiro atoms. The van der Waals surface area contributed by atoms with Crippen LogP contribution in [0.3, 0.4) is 0 Å². The number of anilines is 1. The summed E-state index contributed by atoms with van der Waals surface area (Å²) in [5.41, 5.74) is -0.743. The molecule has 0 aliphatic heterocycles. The standard InChI is InChI=1S/C36H30ClF6N7O4S/c1-16(51)4-5-20-6-7-21(22-8-9-25(37)29-32(22)49(2)47-35(29)48-55(3,53)54)30(44-20)26(12-17-10-18(38)13-19(39)11-17)45-27(52)15-50-33-28(31(46-50)34(40)41)23-14-24(23)36(33,42)43/h6-11,13,16,23-24,26,34,51H,12,14-15H2,1-3H3,(H,45,52)(H,47,48)/t16-,23+,24-,26+/m1/s1. The smallest absolute Gasteiger partial charge is 0.293 e. The quantitative estimate of drug-likeness (QED) is 0.114. The SMILES string of the molecule is C[C@@H](O)C#Cc1ccc(-c2ccc(Cl)c3c(NS(C)(=O)=O)nn(C)c23)c([C@H](Cc2cc(F)cc(F)c2)NC(=O)Cn2nc(C(F)F)c3c2C(F)(F)[C@@H]2C[C@H]32)n1. The van der Waals surface area contributed by atoms with Crippen molar-refractivity contribution in [2.24, 2.45) is 13.0 Å². The Hall–Kier alpha value is -5.12. The van der Waals surface area contributed by atoms with E-state index in [1.165, 1.54) is 30.8 Å². The molecule has 1 amide bonds. The van der Waals surface area contributed by atoms with Crippen molar-refractivity contribution in [1.82, 2.24) is 29.9 Å². The van der Waals surface area contributed by atoms with E-state index in [2.05, 4.69) is 37.1 Å². The van der Waals surface area contributed by atoms with Gasteiger partial charge < -0.3 is 10.4 Å². The molecule has 0 unspecified atom stereocenters. The Labute approximate surface area is 314 Å². The van der Waals surface area contributed by atoms with Crippen LogP contribution in [0.25, 0.3) is 22.0 Å². The summed E-state index contributed by atoms with van der Waals surface area (Å²) in [4.78, 5) is 18.5. The van der Waals surface area contributed by atoms with Crippen molar-refractivity contribution in [3.63, 3.8) is 0 Å². The highest BCUT2D eigenvalue weighted by Crippen LogP contribution is 2.68. The molecule has 0 bridgehead atoms. The van der Waals surface area contributed by atoms with E-state index in [0.717, 1.165) is 18.4 Å². The fourth-order valence-corrected chi connectivity index (χ4v) is 7.93. The summed E-state index contributed by atoms with van der Waals surface area (Å²) in [5.74, 6) is -3.12. The molecule has 19 heteroatoms.